The summed E-state index contributed by atoms with van der Waals surface area (Å²) in [6.45, 7) is 6.03. The van der Waals surface area contributed by atoms with Crippen molar-refractivity contribution in [3.05, 3.63) is 0 Å². The first kappa shape index (κ1) is 11.8. The minimum Gasteiger partial charge on any atom is -0.299 e. The van der Waals surface area contributed by atoms with E-state index in [0.29, 0.717) is 18.6 Å². The Morgan fingerprint density at radius 3 is 2.21 bits per heavy atom. The van der Waals surface area contributed by atoms with Gasteiger partial charge in [0.1, 0.15) is 11.6 Å². The minimum atomic E-state index is -0.312. The largest absolute Gasteiger partial charge is 0.299 e. The van der Waals surface area contributed by atoms with Gasteiger partial charge in [-0.1, -0.05) is 20.8 Å². The average Bonchev–Trinajstić information content (AvgIpc) is 2.00. The molecule has 0 saturated heterocycles. The molecule has 0 radical (unpaired) electrons. The van der Waals surface area contributed by atoms with Crippen LogP contribution >= 0.6 is 11.8 Å². The smallest absolute Gasteiger partial charge is 0.144 e. The number of rotatable bonds is 3. The zero-order chi connectivity index (χ0) is 10.8. The van der Waals surface area contributed by atoms with Crippen LogP contribution in [-0.4, -0.2) is 23.1 Å². The van der Waals surface area contributed by atoms with Gasteiger partial charge in [0.25, 0.3) is 0 Å². The Kier molecular flexibility index (Phi) is 3.76. The van der Waals surface area contributed by atoms with Gasteiger partial charge in [-0.25, -0.2) is 0 Å². The molecule has 0 unspecified atom stereocenters. The molecule has 0 bridgehead atoms. The molecule has 0 amide bonds. The molecule has 2 nitrogen and oxygen atoms in total. The highest BCUT2D eigenvalue weighted by Crippen LogP contribution is 2.34. The molecule has 0 N–H and O–H groups in total. The highest BCUT2D eigenvalue weighted by Gasteiger charge is 2.38. The van der Waals surface area contributed by atoms with Crippen LogP contribution in [0.5, 0.6) is 0 Å². The lowest BCUT2D eigenvalue weighted by atomic mass is 9.72. The molecular formula is C11H18O2S. The maximum absolute atomic E-state index is 11.7. The third-order valence-corrected chi connectivity index (χ3v) is 3.55. The molecule has 0 spiro atoms. The van der Waals surface area contributed by atoms with E-state index in [4.69, 9.17) is 0 Å². The van der Waals surface area contributed by atoms with Crippen LogP contribution in [0.2, 0.25) is 0 Å². The molecular weight excluding hydrogens is 196 g/mol. The number of thioether (sulfide) groups is 1. The third-order valence-electron chi connectivity index (χ3n) is 2.57. The number of hydrogen-bond acceptors (Lipinski definition) is 3. The maximum atomic E-state index is 11.7. The second kappa shape index (κ2) is 4.47. The molecule has 1 saturated carbocycles. The van der Waals surface area contributed by atoms with Crippen molar-refractivity contribution in [2.24, 2.45) is 11.3 Å². The summed E-state index contributed by atoms with van der Waals surface area (Å²) in [4.78, 5) is 23.4. The Balaban J connectivity index is 2.62. The predicted octanol–water partition coefficient (Wildman–Crippen LogP) is 2.31. The quantitative estimate of drug-likeness (QED) is 0.676. The summed E-state index contributed by atoms with van der Waals surface area (Å²) in [5, 5.41) is 0. The number of ketones is 2. The topological polar surface area (TPSA) is 34.1 Å². The van der Waals surface area contributed by atoms with E-state index in [9.17, 15) is 9.59 Å². The fourth-order valence-electron chi connectivity index (χ4n) is 1.85. The van der Waals surface area contributed by atoms with E-state index < -0.39 is 0 Å². The fourth-order valence-corrected chi connectivity index (χ4v) is 2.70. The van der Waals surface area contributed by atoms with E-state index in [1.165, 1.54) is 0 Å². The van der Waals surface area contributed by atoms with E-state index >= 15 is 0 Å². The van der Waals surface area contributed by atoms with E-state index in [1.54, 1.807) is 11.8 Å². The Labute approximate surface area is 89.8 Å². The van der Waals surface area contributed by atoms with Crippen molar-refractivity contribution in [3.63, 3.8) is 0 Å². The zero-order valence-electron chi connectivity index (χ0n) is 9.13. The molecule has 1 aliphatic carbocycles. The molecule has 0 aromatic carbocycles. The Morgan fingerprint density at radius 1 is 1.29 bits per heavy atom. The van der Waals surface area contributed by atoms with E-state index in [0.717, 1.165) is 5.75 Å². The normalized spacial score (nSPS) is 22.8. The first-order valence-corrected chi connectivity index (χ1v) is 6.25. The number of Topliss-reactive ketones (excluding diaryl/α,β-unsaturated/α-hetero) is 2. The number of hydrogen-bond donors (Lipinski definition) is 0. The number of carbonyl (C=O) groups excluding carboxylic acids is 2. The molecule has 0 atom stereocenters. The predicted molar refractivity (Wildman–Crippen MR) is 59.5 cm³/mol. The Hall–Kier alpha value is -0.310. The SMILES string of the molecule is CCSCC1C(=O)CC(C)(C)CC1=O. The first-order valence-electron chi connectivity index (χ1n) is 5.09. The third kappa shape index (κ3) is 2.84. The molecule has 0 aromatic heterocycles. The number of carbonyl (C=O) groups is 2. The second-order valence-electron chi connectivity index (χ2n) is 4.66. The van der Waals surface area contributed by atoms with Gasteiger partial charge in [0, 0.05) is 18.6 Å². The first-order chi connectivity index (χ1) is 6.46. The average molecular weight is 214 g/mol. The highest BCUT2D eigenvalue weighted by atomic mass is 32.2. The van der Waals surface area contributed by atoms with E-state index in [2.05, 4.69) is 0 Å². The zero-order valence-corrected chi connectivity index (χ0v) is 9.95. The Morgan fingerprint density at radius 2 is 1.79 bits per heavy atom. The summed E-state index contributed by atoms with van der Waals surface area (Å²) in [6.07, 6.45) is 1.13. The molecule has 80 valence electrons. The monoisotopic (exact) mass is 214 g/mol. The van der Waals surface area contributed by atoms with Gasteiger partial charge in [-0.15, -0.1) is 0 Å². The molecule has 3 heteroatoms. The highest BCUT2D eigenvalue weighted by molar-refractivity contribution is 7.99. The van der Waals surface area contributed by atoms with Gasteiger partial charge in [-0.2, -0.15) is 11.8 Å². The lowest BCUT2D eigenvalue weighted by Crippen LogP contribution is -2.38. The fraction of sp³-hybridized carbons (Fsp3) is 0.818. The van der Waals surface area contributed by atoms with E-state index in [-0.39, 0.29) is 22.9 Å². The second-order valence-corrected chi connectivity index (χ2v) is 5.98. The van der Waals surface area contributed by atoms with Crippen molar-refractivity contribution in [1.29, 1.82) is 0 Å². The van der Waals surface area contributed by atoms with Crippen LogP contribution in [0.15, 0.2) is 0 Å². The van der Waals surface area contributed by atoms with Gasteiger partial charge in [-0.05, 0) is 11.2 Å². The maximum Gasteiger partial charge on any atom is 0.144 e. The van der Waals surface area contributed by atoms with Crippen LogP contribution in [-0.2, 0) is 9.59 Å². The molecule has 0 aliphatic heterocycles. The summed E-state index contributed by atoms with van der Waals surface area (Å²) in [7, 11) is 0. The molecule has 0 heterocycles. The lowest BCUT2D eigenvalue weighted by molar-refractivity contribution is -0.138. The van der Waals surface area contributed by atoms with Crippen molar-refractivity contribution in [1.82, 2.24) is 0 Å². The molecule has 1 fully saturated rings. The van der Waals surface area contributed by atoms with Crippen molar-refractivity contribution >= 4 is 23.3 Å². The van der Waals surface area contributed by atoms with Gasteiger partial charge >= 0.3 is 0 Å². The van der Waals surface area contributed by atoms with Crippen molar-refractivity contribution in [3.8, 4) is 0 Å². The lowest BCUT2D eigenvalue weighted by Gasteiger charge is -2.31. The van der Waals surface area contributed by atoms with Crippen LogP contribution in [0.4, 0.5) is 0 Å². The minimum absolute atomic E-state index is 0.110. The molecule has 1 aliphatic rings. The summed E-state index contributed by atoms with van der Waals surface area (Å²) >= 11 is 1.68. The Bertz CT molecular complexity index is 226. The van der Waals surface area contributed by atoms with Crippen LogP contribution in [0.3, 0.4) is 0 Å². The van der Waals surface area contributed by atoms with Crippen LogP contribution in [0.25, 0.3) is 0 Å². The van der Waals surface area contributed by atoms with E-state index in [1.807, 2.05) is 20.8 Å². The molecule has 14 heavy (non-hydrogen) atoms. The summed E-state index contributed by atoms with van der Waals surface area (Å²) in [5.74, 6) is 1.64. The molecule has 1 rings (SSSR count). The summed E-state index contributed by atoms with van der Waals surface area (Å²) < 4.78 is 0. The summed E-state index contributed by atoms with van der Waals surface area (Å²) in [6, 6.07) is 0. The van der Waals surface area contributed by atoms with Crippen LogP contribution in [0, 0.1) is 11.3 Å². The van der Waals surface area contributed by atoms with Crippen LogP contribution in [0.1, 0.15) is 33.6 Å². The molecule has 0 aromatic rings. The van der Waals surface area contributed by atoms with Gasteiger partial charge in [0.15, 0.2) is 0 Å². The van der Waals surface area contributed by atoms with Crippen molar-refractivity contribution in [2.75, 3.05) is 11.5 Å². The summed E-state index contributed by atoms with van der Waals surface area (Å²) in [5.41, 5.74) is -0.110. The standard InChI is InChI=1S/C11H18O2S/c1-4-14-7-8-9(12)5-11(2,3)6-10(8)13/h8H,4-7H2,1-3H3. The van der Waals surface area contributed by atoms with Gasteiger partial charge in [0.05, 0.1) is 5.92 Å². The van der Waals surface area contributed by atoms with Gasteiger partial charge < -0.3 is 0 Å². The van der Waals surface area contributed by atoms with Gasteiger partial charge in [-0.3, -0.25) is 9.59 Å². The van der Waals surface area contributed by atoms with Crippen LogP contribution < -0.4 is 0 Å². The van der Waals surface area contributed by atoms with Gasteiger partial charge in [0.2, 0.25) is 0 Å². The van der Waals surface area contributed by atoms with Crippen molar-refractivity contribution in [2.45, 2.75) is 33.6 Å². The van der Waals surface area contributed by atoms with Crippen molar-refractivity contribution < 1.29 is 9.59 Å².